The third-order valence-electron chi connectivity index (χ3n) is 4.42. The average Bonchev–Trinajstić information content (AvgIpc) is 2.62. The van der Waals surface area contributed by atoms with Crippen molar-refractivity contribution in [3.05, 3.63) is 53.2 Å². The van der Waals surface area contributed by atoms with Crippen LogP contribution in [0, 0.1) is 18.3 Å². The third-order valence-corrected chi connectivity index (χ3v) is 4.42. The Balaban J connectivity index is 2.56. The first-order valence-corrected chi connectivity index (χ1v) is 8.66. The molecule has 148 valence electrons. The van der Waals surface area contributed by atoms with Crippen LogP contribution >= 0.6 is 0 Å². The molecule has 0 aliphatic rings. The Kier molecular flexibility index (Phi) is 6.24. The minimum atomic E-state index is -4.74. The molecule has 28 heavy (non-hydrogen) atoms. The number of nitrogens with zero attached hydrogens (tertiary/aromatic N) is 2. The van der Waals surface area contributed by atoms with Gasteiger partial charge < -0.3 is 15.4 Å². The van der Waals surface area contributed by atoms with Crippen molar-refractivity contribution in [2.24, 2.45) is 0 Å². The fourth-order valence-electron chi connectivity index (χ4n) is 2.97. The standard InChI is InChI=1S/C21H22F3N3O/c1-5-13(2)12-27(4)20-14(3)17(10-19(26)18(20)11-25)15-6-8-16(9-7-15)28-21(22,23)24/h6-10,12H,5,26H2,1-4H3/b13-12+. The third kappa shape index (κ3) is 4.77. The van der Waals surface area contributed by atoms with E-state index in [2.05, 4.69) is 10.8 Å². The van der Waals surface area contributed by atoms with Crippen LogP contribution in [0.2, 0.25) is 0 Å². The summed E-state index contributed by atoms with van der Waals surface area (Å²) in [7, 11) is 1.84. The summed E-state index contributed by atoms with van der Waals surface area (Å²) in [5.74, 6) is -0.297. The average molecular weight is 389 g/mol. The number of benzene rings is 2. The summed E-state index contributed by atoms with van der Waals surface area (Å²) in [5, 5.41) is 9.57. The predicted molar refractivity (Wildman–Crippen MR) is 105 cm³/mol. The van der Waals surface area contributed by atoms with Crippen molar-refractivity contribution < 1.29 is 17.9 Å². The summed E-state index contributed by atoms with van der Waals surface area (Å²) in [6.45, 7) is 5.88. The van der Waals surface area contributed by atoms with Gasteiger partial charge in [0, 0.05) is 13.2 Å². The number of hydrogen-bond donors (Lipinski definition) is 1. The maximum atomic E-state index is 12.4. The van der Waals surface area contributed by atoms with Gasteiger partial charge in [-0.15, -0.1) is 13.2 Å². The molecule has 0 aliphatic heterocycles. The van der Waals surface area contributed by atoms with E-state index in [-0.39, 0.29) is 5.75 Å². The molecule has 0 fully saturated rings. The zero-order chi connectivity index (χ0) is 21.1. The van der Waals surface area contributed by atoms with Gasteiger partial charge in [-0.05, 0) is 55.2 Å². The van der Waals surface area contributed by atoms with Crippen molar-refractivity contribution >= 4 is 11.4 Å². The second kappa shape index (κ2) is 8.26. The quantitative estimate of drug-likeness (QED) is 0.660. The Morgan fingerprint density at radius 2 is 1.89 bits per heavy atom. The SMILES string of the molecule is CC/C(C)=C/N(C)c1c(C)c(-c2ccc(OC(F)(F)F)cc2)cc(N)c1C#N. The fraction of sp³-hybridized carbons (Fsp3) is 0.286. The van der Waals surface area contributed by atoms with E-state index < -0.39 is 6.36 Å². The summed E-state index contributed by atoms with van der Waals surface area (Å²) < 4.78 is 41.0. The molecule has 0 bridgehead atoms. The van der Waals surface area contributed by atoms with Crippen molar-refractivity contribution in [1.82, 2.24) is 0 Å². The Bertz CT molecular complexity index is 926. The first-order valence-electron chi connectivity index (χ1n) is 8.66. The minimum absolute atomic E-state index is 0.297. The highest BCUT2D eigenvalue weighted by atomic mass is 19.4. The molecule has 2 aromatic carbocycles. The monoisotopic (exact) mass is 389 g/mol. The molecule has 0 saturated heterocycles. The minimum Gasteiger partial charge on any atom is -0.406 e. The van der Waals surface area contributed by atoms with Crippen LogP contribution < -0.4 is 15.4 Å². The van der Waals surface area contributed by atoms with Gasteiger partial charge in [0.1, 0.15) is 11.8 Å². The maximum Gasteiger partial charge on any atom is 0.573 e. The van der Waals surface area contributed by atoms with E-state index in [1.165, 1.54) is 24.3 Å². The summed E-state index contributed by atoms with van der Waals surface area (Å²) in [6, 6.07) is 9.39. The number of nitriles is 1. The number of rotatable bonds is 5. The maximum absolute atomic E-state index is 12.4. The first kappa shape index (κ1) is 21.2. The summed E-state index contributed by atoms with van der Waals surface area (Å²) in [5.41, 5.74) is 10.8. The smallest absolute Gasteiger partial charge is 0.406 e. The summed E-state index contributed by atoms with van der Waals surface area (Å²) in [4.78, 5) is 1.85. The molecule has 0 aliphatic carbocycles. The number of allylic oxidation sites excluding steroid dienone is 1. The van der Waals surface area contributed by atoms with Gasteiger partial charge in [-0.1, -0.05) is 24.6 Å². The molecular formula is C21H22F3N3O. The van der Waals surface area contributed by atoms with Crippen LogP contribution in [0.1, 0.15) is 31.4 Å². The Morgan fingerprint density at radius 3 is 2.39 bits per heavy atom. The highest BCUT2D eigenvalue weighted by Crippen LogP contribution is 2.38. The van der Waals surface area contributed by atoms with Crippen LogP contribution in [0.25, 0.3) is 11.1 Å². The van der Waals surface area contributed by atoms with E-state index in [1.54, 1.807) is 6.07 Å². The van der Waals surface area contributed by atoms with Crippen LogP contribution in [0.15, 0.2) is 42.1 Å². The molecular weight excluding hydrogens is 367 g/mol. The van der Waals surface area contributed by atoms with E-state index in [1.807, 2.05) is 38.9 Å². The number of anilines is 2. The fourth-order valence-corrected chi connectivity index (χ4v) is 2.97. The lowest BCUT2D eigenvalue weighted by Gasteiger charge is -2.23. The van der Waals surface area contributed by atoms with Crippen molar-refractivity contribution in [1.29, 1.82) is 5.26 Å². The van der Waals surface area contributed by atoms with Crippen LogP contribution in [0.5, 0.6) is 5.75 Å². The highest BCUT2D eigenvalue weighted by molar-refractivity contribution is 5.85. The highest BCUT2D eigenvalue weighted by Gasteiger charge is 2.31. The van der Waals surface area contributed by atoms with Gasteiger partial charge >= 0.3 is 6.36 Å². The molecule has 0 aromatic heterocycles. The summed E-state index contributed by atoms with van der Waals surface area (Å²) in [6.07, 6.45) is -1.94. The number of nitrogen functional groups attached to an aromatic ring is 1. The largest absolute Gasteiger partial charge is 0.573 e. The van der Waals surface area contributed by atoms with Crippen molar-refractivity contribution in [3.8, 4) is 22.9 Å². The van der Waals surface area contributed by atoms with Crippen LogP contribution in [0.4, 0.5) is 24.5 Å². The molecule has 4 nitrogen and oxygen atoms in total. The molecule has 0 spiro atoms. The summed E-state index contributed by atoms with van der Waals surface area (Å²) >= 11 is 0. The molecule has 0 heterocycles. The lowest BCUT2D eigenvalue weighted by Crippen LogP contribution is -2.17. The van der Waals surface area contributed by atoms with E-state index in [0.29, 0.717) is 22.5 Å². The Morgan fingerprint density at radius 1 is 1.29 bits per heavy atom. The van der Waals surface area contributed by atoms with Gasteiger partial charge in [0.05, 0.1) is 16.9 Å². The normalized spacial score (nSPS) is 11.9. The second-order valence-corrected chi connectivity index (χ2v) is 6.49. The number of nitrogens with two attached hydrogens (primary N) is 1. The van der Waals surface area contributed by atoms with Crippen LogP contribution in [0.3, 0.4) is 0 Å². The molecule has 0 atom stereocenters. The Hall–Kier alpha value is -3.14. The van der Waals surface area contributed by atoms with Crippen molar-refractivity contribution in [2.45, 2.75) is 33.6 Å². The molecule has 2 rings (SSSR count). The number of hydrogen-bond acceptors (Lipinski definition) is 4. The number of alkyl halides is 3. The second-order valence-electron chi connectivity index (χ2n) is 6.49. The van der Waals surface area contributed by atoms with Gasteiger partial charge in [-0.2, -0.15) is 5.26 Å². The molecule has 2 aromatic rings. The molecule has 0 unspecified atom stereocenters. The lowest BCUT2D eigenvalue weighted by molar-refractivity contribution is -0.274. The van der Waals surface area contributed by atoms with Gasteiger partial charge in [0.25, 0.3) is 0 Å². The van der Waals surface area contributed by atoms with Gasteiger partial charge in [0.15, 0.2) is 0 Å². The molecule has 2 N–H and O–H groups in total. The van der Waals surface area contributed by atoms with Crippen LogP contribution in [-0.2, 0) is 0 Å². The van der Waals surface area contributed by atoms with Crippen molar-refractivity contribution in [3.63, 3.8) is 0 Å². The van der Waals surface area contributed by atoms with E-state index in [4.69, 9.17) is 5.73 Å². The Labute approximate surface area is 162 Å². The van der Waals surface area contributed by atoms with Gasteiger partial charge in [-0.3, -0.25) is 0 Å². The molecule has 0 amide bonds. The molecule has 7 heteroatoms. The van der Waals surface area contributed by atoms with Crippen LogP contribution in [-0.4, -0.2) is 13.4 Å². The van der Waals surface area contributed by atoms with Crippen molar-refractivity contribution in [2.75, 3.05) is 17.7 Å². The topological polar surface area (TPSA) is 62.3 Å². The number of halogens is 3. The first-order chi connectivity index (χ1) is 13.1. The van der Waals surface area contributed by atoms with E-state index in [0.717, 1.165) is 23.1 Å². The predicted octanol–water partition coefficient (Wildman–Crippen LogP) is 5.76. The zero-order valence-electron chi connectivity index (χ0n) is 16.2. The number of ether oxygens (including phenoxy) is 1. The van der Waals surface area contributed by atoms with E-state index >= 15 is 0 Å². The zero-order valence-corrected chi connectivity index (χ0v) is 16.2. The van der Waals surface area contributed by atoms with E-state index in [9.17, 15) is 18.4 Å². The molecule has 0 radical (unpaired) electrons. The van der Waals surface area contributed by atoms with Gasteiger partial charge in [-0.25, -0.2) is 0 Å². The lowest BCUT2D eigenvalue weighted by atomic mass is 9.94. The van der Waals surface area contributed by atoms with Gasteiger partial charge in [0.2, 0.25) is 0 Å². The molecule has 0 saturated carbocycles.